The van der Waals surface area contributed by atoms with Crippen molar-refractivity contribution < 1.29 is 23.9 Å². The SMILES string of the molecule is CN(C)C(=O)/C=C/CC[C@@H](CN(C)C(=O)O)C(=O)Nc1cccn(Cc2nc3c(F)cnc(CC4CC4)c3[nH]2)c1=O. The van der Waals surface area contributed by atoms with Gasteiger partial charge in [-0.1, -0.05) is 6.08 Å². The smallest absolute Gasteiger partial charge is 0.407 e. The number of nitrogens with one attached hydrogen (secondary N) is 2. The summed E-state index contributed by atoms with van der Waals surface area (Å²) < 4.78 is 15.8. The largest absolute Gasteiger partial charge is 0.465 e. The van der Waals surface area contributed by atoms with Crippen molar-refractivity contribution in [2.45, 2.75) is 38.6 Å². The Morgan fingerprint density at radius 3 is 2.73 bits per heavy atom. The van der Waals surface area contributed by atoms with Gasteiger partial charge >= 0.3 is 6.09 Å². The molecule has 3 aromatic rings. The zero-order chi connectivity index (χ0) is 29.7. The van der Waals surface area contributed by atoms with E-state index in [1.165, 1.54) is 41.1 Å². The first-order valence-electron chi connectivity index (χ1n) is 13.4. The van der Waals surface area contributed by atoms with Gasteiger partial charge in [0.25, 0.3) is 5.56 Å². The van der Waals surface area contributed by atoms with Crippen molar-refractivity contribution in [3.8, 4) is 0 Å². The van der Waals surface area contributed by atoms with Gasteiger partial charge in [0.1, 0.15) is 17.0 Å². The molecule has 0 radical (unpaired) electrons. The van der Waals surface area contributed by atoms with E-state index >= 15 is 0 Å². The molecule has 1 aliphatic rings. The van der Waals surface area contributed by atoms with E-state index in [4.69, 9.17) is 0 Å². The number of allylic oxidation sites excluding steroid dienone is 1. The van der Waals surface area contributed by atoms with E-state index in [1.807, 2.05) is 0 Å². The summed E-state index contributed by atoms with van der Waals surface area (Å²) in [7, 11) is 4.59. The molecule has 41 heavy (non-hydrogen) atoms. The van der Waals surface area contributed by atoms with Gasteiger partial charge in [-0.2, -0.15) is 0 Å². The van der Waals surface area contributed by atoms with Crippen molar-refractivity contribution in [1.82, 2.24) is 29.3 Å². The molecule has 0 saturated heterocycles. The number of carboxylic acid groups (broad SMARTS) is 1. The number of aromatic amines is 1. The maximum absolute atomic E-state index is 14.4. The molecule has 0 bridgehead atoms. The molecular formula is C28H34FN7O5. The monoisotopic (exact) mass is 567 g/mol. The molecule has 13 heteroatoms. The predicted molar refractivity (Wildman–Crippen MR) is 150 cm³/mol. The van der Waals surface area contributed by atoms with E-state index in [2.05, 4.69) is 20.3 Å². The van der Waals surface area contributed by atoms with Crippen molar-refractivity contribution in [3.63, 3.8) is 0 Å². The van der Waals surface area contributed by atoms with Crippen molar-refractivity contribution in [1.29, 1.82) is 0 Å². The highest BCUT2D eigenvalue weighted by molar-refractivity contribution is 5.92. The summed E-state index contributed by atoms with van der Waals surface area (Å²) in [5.74, 6) is -1.15. The number of fused-ring (bicyclic) bond motifs is 1. The third-order valence-electron chi connectivity index (χ3n) is 6.95. The number of rotatable bonds is 12. The first kappa shape index (κ1) is 29.4. The molecule has 3 N–H and O–H groups in total. The number of pyridine rings is 2. The molecule has 218 valence electrons. The number of aromatic nitrogens is 4. The summed E-state index contributed by atoms with van der Waals surface area (Å²) in [6.07, 6.45) is 8.11. The molecule has 0 spiro atoms. The predicted octanol–water partition coefficient (Wildman–Crippen LogP) is 2.85. The van der Waals surface area contributed by atoms with Gasteiger partial charge < -0.3 is 29.8 Å². The van der Waals surface area contributed by atoms with Gasteiger partial charge in [-0.15, -0.1) is 0 Å². The van der Waals surface area contributed by atoms with E-state index in [9.17, 15) is 28.7 Å². The lowest BCUT2D eigenvalue weighted by Gasteiger charge is -2.21. The van der Waals surface area contributed by atoms with Crippen LogP contribution in [0, 0.1) is 17.7 Å². The Labute approximate surface area is 235 Å². The van der Waals surface area contributed by atoms with Crippen LogP contribution in [-0.2, 0) is 22.6 Å². The lowest BCUT2D eigenvalue weighted by atomic mass is 10.0. The van der Waals surface area contributed by atoms with Crippen LogP contribution in [-0.4, -0.2) is 80.0 Å². The van der Waals surface area contributed by atoms with Crippen molar-refractivity contribution in [2.24, 2.45) is 11.8 Å². The Morgan fingerprint density at radius 1 is 1.29 bits per heavy atom. The normalized spacial score (nSPS) is 13.9. The minimum Gasteiger partial charge on any atom is -0.465 e. The summed E-state index contributed by atoms with van der Waals surface area (Å²) in [5.41, 5.74) is 0.956. The molecule has 1 atom stereocenters. The highest BCUT2D eigenvalue weighted by Gasteiger charge is 2.25. The standard InChI is InChI=1S/C28H34FN7O5/c1-34(2)23(37)9-5-4-7-18(15-35(3)28(40)41)26(38)31-20-8-6-12-36(27(20)39)16-22-32-24-19(29)14-30-21(25(24)33-22)13-17-10-11-17/h5-6,8-9,12,14,17-18H,4,7,10-11,13,15-16H2,1-3H3,(H,31,38)(H,32,33)(H,40,41)/b9-5+/t18-/m0/s1. The number of hydrogen-bond acceptors (Lipinski definition) is 6. The highest BCUT2D eigenvalue weighted by atomic mass is 19.1. The quantitative estimate of drug-likeness (QED) is 0.285. The topological polar surface area (TPSA) is 154 Å². The molecule has 4 rings (SSSR count). The summed E-state index contributed by atoms with van der Waals surface area (Å²) >= 11 is 0. The first-order chi connectivity index (χ1) is 19.5. The third-order valence-corrected chi connectivity index (χ3v) is 6.95. The van der Waals surface area contributed by atoms with Crippen molar-refractivity contribution in [2.75, 3.05) is 33.0 Å². The van der Waals surface area contributed by atoms with Gasteiger partial charge in [0.05, 0.1) is 29.9 Å². The van der Waals surface area contributed by atoms with Crippen LogP contribution < -0.4 is 10.9 Å². The molecular weight excluding hydrogens is 533 g/mol. The Kier molecular flexibility index (Phi) is 9.15. The van der Waals surface area contributed by atoms with E-state index in [1.54, 1.807) is 26.2 Å². The molecule has 1 aliphatic carbocycles. The second kappa shape index (κ2) is 12.7. The fourth-order valence-corrected chi connectivity index (χ4v) is 4.39. The number of H-pyrrole nitrogens is 1. The van der Waals surface area contributed by atoms with Gasteiger partial charge in [-0.3, -0.25) is 19.4 Å². The minimum atomic E-state index is -1.19. The highest BCUT2D eigenvalue weighted by Crippen LogP contribution is 2.33. The molecule has 3 aromatic heterocycles. The number of hydrogen-bond donors (Lipinski definition) is 3. The summed E-state index contributed by atoms with van der Waals surface area (Å²) in [5, 5.41) is 11.9. The van der Waals surface area contributed by atoms with Crippen LogP contribution >= 0.6 is 0 Å². The maximum atomic E-state index is 14.4. The summed E-state index contributed by atoms with van der Waals surface area (Å²) in [6.45, 7) is -0.0884. The fraction of sp³-hybridized carbons (Fsp3) is 0.429. The summed E-state index contributed by atoms with van der Waals surface area (Å²) in [6, 6.07) is 3.05. The molecule has 0 aliphatic heterocycles. The number of carbonyl (C=O) groups excluding carboxylic acids is 2. The van der Waals surface area contributed by atoms with Crippen LogP contribution in [0.25, 0.3) is 11.0 Å². The molecule has 3 amide bonds. The number of likely N-dealkylation sites (N-methyl/N-ethyl adjacent to an activating group) is 1. The van der Waals surface area contributed by atoms with Crippen LogP contribution in [0.2, 0.25) is 0 Å². The van der Waals surface area contributed by atoms with E-state index in [-0.39, 0.29) is 36.6 Å². The first-order valence-corrected chi connectivity index (χ1v) is 13.4. The Hall–Kier alpha value is -4.55. The number of anilines is 1. The van der Waals surface area contributed by atoms with E-state index in [0.717, 1.165) is 29.9 Å². The van der Waals surface area contributed by atoms with Gasteiger partial charge in [0.2, 0.25) is 11.8 Å². The van der Waals surface area contributed by atoms with Gasteiger partial charge in [0.15, 0.2) is 5.82 Å². The summed E-state index contributed by atoms with van der Waals surface area (Å²) in [4.78, 5) is 63.7. The van der Waals surface area contributed by atoms with E-state index in [0.29, 0.717) is 23.7 Å². The molecule has 1 saturated carbocycles. The molecule has 0 unspecified atom stereocenters. The number of carbonyl (C=O) groups is 3. The molecule has 1 fully saturated rings. The maximum Gasteiger partial charge on any atom is 0.407 e. The van der Waals surface area contributed by atoms with Crippen LogP contribution in [0.3, 0.4) is 0 Å². The molecule has 0 aromatic carbocycles. The number of halogens is 1. The second-order valence-corrected chi connectivity index (χ2v) is 10.5. The molecule has 12 nitrogen and oxygen atoms in total. The average Bonchev–Trinajstić information content (AvgIpc) is 3.64. The van der Waals surface area contributed by atoms with Crippen molar-refractivity contribution in [3.05, 3.63) is 64.4 Å². The average molecular weight is 568 g/mol. The van der Waals surface area contributed by atoms with E-state index < -0.39 is 29.3 Å². The van der Waals surface area contributed by atoms with Gasteiger partial charge in [0, 0.05) is 33.9 Å². The Morgan fingerprint density at radius 2 is 2.05 bits per heavy atom. The van der Waals surface area contributed by atoms with Gasteiger partial charge in [-0.25, -0.2) is 14.2 Å². The third kappa shape index (κ3) is 7.56. The number of imidazole rings is 1. The Bertz CT molecular complexity index is 1530. The van der Waals surface area contributed by atoms with Crippen LogP contribution in [0.4, 0.5) is 14.9 Å². The zero-order valence-electron chi connectivity index (χ0n) is 23.3. The zero-order valence-corrected chi connectivity index (χ0v) is 23.3. The Balaban J connectivity index is 1.49. The number of amides is 3. The van der Waals surface area contributed by atoms with Crippen LogP contribution in [0.15, 0.2) is 41.5 Å². The van der Waals surface area contributed by atoms with Crippen molar-refractivity contribution >= 4 is 34.6 Å². The lowest BCUT2D eigenvalue weighted by molar-refractivity contribution is -0.123. The lowest BCUT2D eigenvalue weighted by Crippen LogP contribution is -2.37. The fourth-order valence-electron chi connectivity index (χ4n) is 4.39. The van der Waals surface area contributed by atoms with Crippen LogP contribution in [0.1, 0.15) is 37.2 Å². The second-order valence-electron chi connectivity index (χ2n) is 10.5. The van der Waals surface area contributed by atoms with Gasteiger partial charge in [-0.05, 0) is 56.2 Å². The minimum absolute atomic E-state index is 0.00934. The number of nitrogens with zero attached hydrogens (tertiary/aromatic N) is 5. The molecule has 3 heterocycles. The van der Waals surface area contributed by atoms with Crippen LogP contribution in [0.5, 0.6) is 0 Å².